The van der Waals surface area contributed by atoms with Crippen LogP contribution in [0.15, 0.2) is 63.5 Å². The summed E-state index contributed by atoms with van der Waals surface area (Å²) < 4.78 is 6.75. The minimum atomic E-state index is -0.569. The number of anilines is 1. The lowest BCUT2D eigenvalue weighted by atomic mass is 10.1. The van der Waals surface area contributed by atoms with E-state index in [1.54, 1.807) is 24.3 Å². The average Bonchev–Trinajstić information content (AvgIpc) is 3.18. The Morgan fingerprint density at radius 3 is 2.58 bits per heavy atom. The molecule has 0 aliphatic rings. The van der Waals surface area contributed by atoms with Crippen LogP contribution in [0, 0.1) is 10.1 Å². The number of hydrogen-bond acceptors (Lipinski definition) is 5. The maximum Gasteiger partial charge on any atom is 0.270 e. The molecule has 1 N–H and O–H groups in total. The van der Waals surface area contributed by atoms with Gasteiger partial charge in [-0.3, -0.25) is 14.9 Å². The highest BCUT2D eigenvalue weighted by Gasteiger charge is 2.16. The number of oxazole rings is 1. The number of aryl methyl sites for hydroxylation is 1. The van der Waals surface area contributed by atoms with E-state index in [1.165, 1.54) is 12.1 Å². The van der Waals surface area contributed by atoms with Gasteiger partial charge in [-0.2, -0.15) is 0 Å². The molecule has 0 unspecified atom stereocenters. The number of carbonyl (C=O) groups excluding carboxylic acids is 1. The van der Waals surface area contributed by atoms with Crippen LogP contribution in [0.4, 0.5) is 11.4 Å². The Kier molecular flexibility index (Phi) is 5.75. The Hall–Kier alpha value is -3.23. The fraction of sp³-hybridized carbons (Fsp3) is 0.0909. The van der Waals surface area contributed by atoms with Crippen LogP contribution in [0.5, 0.6) is 0 Å². The summed E-state index contributed by atoms with van der Waals surface area (Å²) in [6, 6.07) is 14.7. The van der Waals surface area contributed by atoms with Gasteiger partial charge in [-0.15, -0.1) is 0 Å². The van der Waals surface area contributed by atoms with Crippen molar-refractivity contribution in [3.8, 4) is 11.5 Å². The summed E-state index contributed by atoms with van der Waals surface area (Å²) in [6.45, 7) is 2.07. The quantitative estimate of drug-likeness (QED) is 0.245. The van der Waals surface area contributed by atoms with E-state index >= 15 is 0 Å². The van der Waals surface area contributed by atoms with Crippen LogP contribution in [0.2, 0.25) is 5.02 Å². The molecule has 0 spiro atoms. The number of fused-ring (bicyclic) bond motifs is 1. The molecule has 1 heterocycles. The standard InChI is InChI=1S/C22H15BrClN3O4/c1-2-12-9-17(23)20-19(10-12)26-22(31-20)13-3-5-14(6-4-13)25-21(28)16-8-7-15(27(29)30)11-18(16)24/h3-11H,2H2,1H3,(H,25,28). The zero-order valence-electron chi connectivity index (χ0n) is 16.2. The molecule has 0 radical (unpaired) electrons. The van der Waals surface area contributed by atoms with Crippen LogP contribution in [0.25, 0.3) is 22.6 Å². The summed E-state index contributed by atoms with van der Waals surface area (Å²) in [5.41, 5.74) is 3.86. The second-order valence-electron chi connectivity index (χ2n) is 6.75. The fourth-order valence-electron chi connectivity index (χ4n) is 3.07. The number of aromatic nitrogens is 1. The number of nitrogens with one attached hydrogen (secondary N) is 1. The summed E-state index contributed by atoms with van der Waals surface area (Å²) in [5.74, 6) is 0.00535. The normalized spacial score (nSPS) is 10.9. The summed E-state index contributed by atoms with van der Waals surface area (Å²) in [7, 11) is 0. The van der Waals surface area contributed by atoms with E-state index in [1.807, 2.05) is 12.1 Å². The predicted octanol–water partition coefficient (Wildman–Crippen LogP) is 6.63. The number of carbonyl (C=O) groups is 1. The molecule has 1 amide bonds. The van der Waals surface area contributed by atoms with Crippen molar-refractivity contribution in [2.45, 2.75) is 13.3 Å². The van der Waals surface area contributed by atoms with Crippen molar-refractivity contribution in [2.75, 3.05) is 5.32 Å². The van der Waals surface area contributed by atoms with Crippen LogP contribution in [0.1, 0.15) is 22.8 Å². The zero-order valence-corrected chi connectivity index (χ0v) is 18.5. The van der Waals surface area contributed by atoms with Crippen molar-refractivity contribution in [1.29, 1.82) is 0 Å². The molecule has 0 fully saturated rings. The SMILES string of the molecule is CCc1cc(Br)c2oc(-c3ccc(NC(=O)c4ccc([N+](=O)[O-])cc4Cl)cc3)nc2c1. The molecule has 0 aliphatic heterocycles. The Balaban J connectivity index is 1.55. The maximum atomic E-state index is 12.5. The maximum absolute atomic E-state index is 12.5. The van der Waals surface area contributed by atoms with Crippen molar-refractivity contribution in [3.63, 3.8) is 0 Å². The third kappa shape index (κ3) is 4.30. The van der Waals surface area contributed by atoms with Gasteiger partial charge in [-0.05, 0) is 70.4 Å². The van der Waals surface area contributed by atoms with Gasteiger partial charge in [-0.1, -0.05) is 18.5 Å². The summed E-state index contributed by atoms with van der Waals surface area (Å²) in [5, 5.41) is 13.5. The number of amides is 1. The molecule has 0 bridgehead atoms. The van der Waals surface area contributed by atoms with E-state index in [9.17, 15) is 14.9 Å². The topological polar surface area (TPSA) is 98.3 Å². The number of halogens is 2. The number of nitrogens with zero attached hydrogens (tertiary/aromatic N) is 2. The smallest absolute Gasteiger partial charge is 0.270 e. The van der Waals surface area contributed by atoms with Crippen LogP contribution >= 0.6 is 27.5 Å². The zero-order chi connectivity index (χ0) is 22.1. The predicted molar refractivity (Wildman–Crippen MR) is 123 cm³/mol. The molecule has 4 rings (SSSR count). The lowest BCUT2D eigenvalue weighted by Gasteiger charge is -2.07. The lowest BCUT2D eigenvalue weighted by molar-refractivity contribution is -0.384. The van der Waals surface area contributed by atoms with Crippen molar-refractivity contribution < 1.29 is 14.1 Å². The molecule has 1 aromatic heterocycles. The highest BCUT2D eigenvalue weighted by molar-refractivity contribution is 9.10. The minimum absolute atomic E-state index is 0.00632. The molecule has 9 heteroatoms. The van der Waals surface area contributed by atoms with Crippen molar-refractivity contribution >= 4 is 55.9 Å². The molecule has 7 nitrogen and oxygen atoms in total. The van der Waals surface area contributed by atoms with Crippen LogP contribution in [-0.4, -0.2) is 15.8 Å². The Labute approximate surface area is 190 Å². The largest absolute Gasteiger partial charge is 0.435 e. The van der Waals surface area contributed by atoms with Gasteiger partial charge in [0.1, 0.15) is 5.52 Å². The summed E-state index contributed by atoms with van der Waals surface area (Å²) >= 11 is 9.55. The number of non-ortho nitro benzene ring substituents is 1. The van der Waals surface area contributed by atoms with Gasteiger partial charge < -0.3 is 9.73 Å². The van der Waals surface area contributed by atoms with Crippen molar-refractivity contribution in [2.24, 2.45) is 0 Å². The number of nitro groups is 1. The first-order valence-electron chi connectivity index (χ1n) is 9.30. The molecule has 0 atom stereocenters. The highest BCUT2D eigenvalue weighted by atomic mass is 79.9. The fourth-order valence-corrected chi connectivity index (χ4v) is 3.91. The van der Waals surface area contributed by atoms with Crippen molar-refractivity contribution in [1.82, 2.24) is 4.98 Å². The molecule has 156 valence electrons. The van der Waals surface area contributed by atoms with E-state index in [0.29, 0.717) is 17.2 Å². The Morgan fingerprint density at radius 1 is 1.19 bits per heavy atom. The minimum Gasteiger partial charge on any atom is -0.435 e. The van der Waals surface area contributed by atoms with Gasteiger partial charge in [0, 0.05) is 23.4 Å². The second kappa shape index (κ2) is 8.49. The van der Waals surface area contributed by atoms with E-state index in [4.69, 9.17) is 16.0 Å². The molecule has 3 aromatic carbocycles. The van der Waals surface area contributed by atoms with Crippen LogP contribution in [0.3, 0.4) is 0 Å². The van der Waals surface area contributed by atoms with Crippen LogP contribution < -0.4 is 5.32 Å². The molecule has 0 aliphatic carbocycles. The third-order valence-corrected chi connectivity index (χ3v) is 5.61. The van der Waals surface area contributed by atoms with Crippen molar-refractivity contribution in [3.05, 3.63) is 85.3 Å². The van der Waals surface area contributed by atoms with E-state index in [2.05, 4.69) is 33.2 Å². The van der Waals surface area contributed by atoms with Gasteiger partial charge in [-0.25, -0.2) is 4.98 Å². The molecule has 0 saturated carbocycles. The lowest BCUT2D eigenvalue weighted by Crippen LogP contribution is -2.12. The van der Waals surface area contributed by atoms with Gasteiger partial charge in [0.2, 0.25) is 5.89 Å². The average molecular weight is 501 g/mol. The number of hydrogen-bond donors (Lipinski definition) is 1. The third-order valence-electron chi connectivity index (χ3n) is 4.71. The first kappa shape index (κ1) is 21.0. The summed E-state index contributed by atoms with van der Waals surface area (Å²) in [6.07, 6.45) is 0.893. The number of nitro benzene ring substituents is 1. The molecular formula is C22H15BrClN3O4. The highest BCUT2D eigenvalue weighted by Crippen LogP contribution is 2.31. The van der Waals surface area contributed by atoms with Gasteiger partial charge in [0.05, 0.1) is 20.0 Å². The van der Waals surface area contributed by atoms with E-state index < -0.39 is 10.8 Å². The van der Waals surface area contributed by atoms with E-state index in [-0.39, 0.29) is 16.3 Å². The first-order chi connectivity index (χ1) is 14.9. The Bertz CT molecular complexity index is 1320. The van der Waals surface area contributed by atoms with Gasteiger partial charge in [0.15, 0.2) is 5.58 Å². The number of benzene rings is 3. The molecule has 31 heavy (non-hydrogen) atoms. The Morgan fingerprint density at radius 2 is 1.94 bits per heavy atom. The monoisotopic (exact) mass is 499 g/mol. The van der Waals surface area contributed by atoms with Gasteiger partial charge in [0.25, 0.3) is 11.6 Å². The van der Waals surface area contributed by atoms with Crippen LogP contribution in [-0.2, 0) is 6.42 Å². The second-order valence-corrected chi connectivity index (χ2v) is 8.01. The summed E-state index contributed by atoms with van der Waals surface area (Å²) in [4.78, 5) is 27.3. The first-order valence-corrected chi connectivity index (χ1v) is 10.5. The molecule has 0 saturated heterocycles. The molecule has 4 aromatic rings. The van der Waals surface area contributed by atoms with Gasteiger partial charge >= 0.3 is 0 Å². The number of rotatable bonds is 5. The molecular weight excluding hydrogens is 486 g/mol. The van der Waals surface area contributed by atoms with E-state index in [0.717, 1.165) is 33.6 Å².